The maximum absolute atomic E-state index is 12.4. The zero-order valence-electron chi connectivity index (χ0n) is 18.6. The molecule has 2 heterocycles. The van der Waals surface area contributed by atoms with Crippen LogP contribution in [0.25, 0.3) is 0 Å². The number of rotatable bonds is 10. The summed E-state index contributed by atoms with van der Waals surface area (Å²) in [5, 5.41) is 16.2. The van der Waals surface area contributed by atoms with Crippen LogP contribution >= 0.6 is 15.9 Å². The number of tetrazole rings is 1. The summed E-state index contributed by atoms with van der Waals surface area (Å²) in [6.07, 6.45) is 1.57. The summed E-state index contributed by atoms with van der Waals surface area (Å²) >= 11 is 3.57. The summed E-state index contributed by atoms with van der Waals surface area (Å²) in [5.74, 6) is 1.75. The number of amides is 1. The number of nitrogens with one attached hydrogen (secondary N) is 2. The van der Waals surface area contributed by atoms with Gasteiger partial charge in [0.25, 0.3) is 5.91 Å². The summed E-state index contributed by atoms with van der Waals surface area (Å²) in [7, 11) is 0. The quantitative estimate of drug-likeness (QED) is 0.325. The molecule has 10 heteroatoms. The fourth-order valence-corrected chi connectivity index (χ4v) is 3.74. The summed E-state index contributed by atoms with van der Waals surface area (Å²) < 4.78 is 7.11. The van der Waals surface area contributed by atoms with Gasteiger partial charge in [0.05, 0.1) is 12.1 Å². The van der Waals surface area contributed by atoms with Gasteiger partial charge in [0.1, 0.15) is 18.2 Å². The molecule has 34 heavy (non-hydrogen) atoms. The van der Waals surface area contributed by atoms with Gasteiger partial charge in [-0.25, -0.2) is 4.98 Å². The Morgan fingerprint density at radius 3 is 2.71 bits per heavy atom. The Morgan fingerprint density at radius 1 is 1.15 bits per heavy atom. The Morgan fingerprint density at radius 2 is 2.00 bits per heavy atom. The fourth-order valence-electron chi connectivity index (χ4n) is 3.33. The van der Waals surface area contributed by atoms with E-state index in [9.17, 15) is 4.79 Å². The van der Waals surface area contributed by atoms with Crippen molar-refractivity contribution < 1.29 is 9.53 Å². The molecule has 0 atom stereocenters. The van der Waals surface area contributed by atoms with Gasteiger partial charge >= 0.3 is 0 Å². The third kappa shape index (κ3) is 6.16. The number of nitrogens with zero attached hydrogens (tertiary/aromatic N) is 5. The van der Waals surface area contributed by atoms with Gasteiger partial charge in [0.15, 0.2) is 5.82 Å². The van der Waals surface area contributed by atoms with Crippen LogP contribution in [-0.2, 0) is 19.7 Å². The lowest BCUT2D eigenvalue weighted by molar-refractivity contribution is 0.0949. The van der Waals surface area contributed by atoms with Crippen LogP contribution in [0.15, 0.2) is 71.3 Å². The van der Waals surface area contributed by atoms with Gasteiger partial charge in [-0.05, 0) is 42.8 Å². The average molecular weight is 522 g/mol. The Balaban J connectivity index is 1.43. The van der Waals surface area contributed by atoms with Gasteiger partial charge in [-0.2, -0.15) is 5.21 Å². The number of aromatic amines is 1. The molecule has 1 amide bonds. The average Bonchev–Trinajstić information content (AvgIpc) is 3.40. The van der Waals surface area contributed by atoms with Gasteiger partial charge < -0.3 is 15.0 Å². The first kappa shape index (κ1) is 23.4. The van der Waals surface area contributed by atoms with E-state index in [1.165, 1.54) is 0 Å². The smallest absolute Gasteiger partial charge is 0.253 e. The topological polar surface area (TPSA) is 109 Å². The molecule has 0 aliphatic heterocycles. The molecule has 0 unspecified atom stereocenters. The minimum Gasteiger partial charge on any atom is -0.489 e. The van der Waals surface area contributed by atoms with E-state index in [0.717, 1.165) is 33.7 Å². The van der Waals surface area contributed by atoms with Crippen molar-refractivity contribution in [2.45, 2.75) is 26.6 Å². The molecule has 0 radical (unpaired) electrons. The van der Waals surface area contributed by atoms with E-state index >= 15 is 0 Å². The van der Waals surface area contributed by atoms with Crippen LogP contribution in [-0.4, -0.2) is 38.1 Å². The third-order valence-corrected chi connectivity index (χ3v) is 5.63. The maximum Gasteiger partial charge on any atom is 0.253 e. The van der Waals surface area contributed by atoms with Gasteiger partial charge in [-0.15, -0.1) is 10.2 Å². The van der Waals surface area contributed by atoms with E-state index < -0.39 is 0 Å². The standard InChI is InChI=1S/C24H24BrN7O2/c1-2-32(23-11-8-18(13-26-23)24(33)27-14-22-28-30-31-29-22)15-19-12-20(25)9-10-21(19)34-16-17-6-4-3-5-7-17/h3-13H,2,14-16H2,1H3,(H,27,33)(H,28,29,30,31). The SMILES string of the molecule is CCN(Cc1cc(Br)ccc1OCc1ccccc1)c1ccc(C(=O)NCc2nn[nH]n2)cn1. The number of hydrogen-bond donors (Lipinski definition) is 2. The number of aromatic nitrogens is 5. The molecule has 0 fully saturated rings. The summed E-state index contributed by atoms with van der Waals surface area (Å²) in [6.45, 7) is 4.09. The maximum atomic E-state index is 12.4. The number of halogens is 1. The molecule has 4 rings (SSSR count). The number of H-pyrrole nitrogens is 1. The lowest BCUT2D eigenvalue weighted by Gasteiger charge is -2.24. The Labute approximate surface area is 205 Å². The molecule has 2 aromatic carbocycles. The summed E-state index contributed by atoms with van der Waals surface area (Å²) in [6, 6.07) is 19.7. The van der Waals surface area contributed by atoms with Crippen LogP contribution in [0.3, 0.4) is 0 Å². The zero-order chi connectivity index (χ0) is 23.8. The van der Waals surface area contributed by atoms with Crippen molar-refractivity contribution in [2.24, 2.45) is 0 Å². The van der Waals surface area contributed by atoms with Crippen molar-refractivity contribution in [3.63, 3.8) is 0 Å². The van der Waals surface area contributed by atoms with Crippen molar-refractivity contribution in [3.8, 4) is 5.75 Å². The highest BCUT2D eigenvalue weighted by molar-refractivity contribution is 9.10. The van der Waals surface area contributed by atoms with E-state index in [2.05, 4.69) is 64.7 Å². The van der Waals surface area contributed by atoms with E-state index in [1.807, 2.05) is 48.5 Å². The van der Waals surface area contributed by atoms with E-state index in [4.69, 9.17) is 4.74 Å². The van der Waals surface area contributed by atoms with E-state index in [-0.39, 0.29) is 12.5 Å². The molecular formula is C24H24BrN7O2. The normalized spacial score (nSPS) is 10.6. The molecule has 0 aliphatic rings. The number of carbonyl (C=O) groups is 1. The lowest BCUT2D eigenvalue weighted by Crippen LogP contribution is -2.25. The molecule has 0 bridgehead atoms. The molecule has 2 aromatic heterocycles. The number of benzene rings is 2. The van der Waals surface area contributed by atoms with Crippen molar-refractivity contribution in [2.75, 3.05) is 11.4 Å². The van der Waals surface area contributed by atoms with Crippen LogP contribution in [0.2, 0.25) is 0 Å². The molecule has 4 aromatic rings. The Bertz CT molecular complexity index is 1200. The van der Waals surface area contributed by atoms with Crippen molar-refractivity contribution in [3.05, 3.63) is 93.8 Å². The molecule has 0 spiro atoms. The fraction of sp³-hybridized carbons (Fsp3) is 0.208. The number of pyridine rings is 1. The molecular weight excluding hydrogens is 498 g/mol. The van der Waals surface area contributed by atoms with Crippen molar-refractivity contribution >= 4 is 27.7 Å². The van der Waals surface area contributed by atoms with Crippen LogP contribution in [0, 0.1) is 0 Å². The predicted molar refractivity (Wildman–Crippen MR) is 131 cm³/mol. The first-order chi connectivity index (χ1) is 16.6. The van der Waals surface area contributed by atoms with Crippen LogP contribution in [0.1, 0.15) is 34.2 Å². The van der Waals surface area contributed by atoms with Crippen molar-refractivity contribution in [1.29, 1.82) is 0 Å². The van der Waals surface area contributed by atoms with Crippen molar-refractivity contribution in [1.82, 2.24) is 30.9 Å². The van der Waals surface area contributed by atoms with Gasteiger partial charge in [-0.1, -0.05) is 51.5 Å². The second kappa shape index (κ2) is 11.4. The highest BCUT2D eigenvalue weighted by Crippen LogP contribution is 2.27. The van der Waals surface area contributed by atoms with Gasteiger partial charge in [-0.3, -0.25) is 4.79 Å². The second-order valence-electron chi connectivity index (χ2n) is 7.46. The first-order valence-corrected chi connectivity index (χ1v) is 11.6. The Kier molecular flexibility index (Phi) is 7.82. The van der Waals surface area contributed by atoms with Gasteiger partial charge in [0, 0.05) is 29.3 Å². The highest BCUT2D eigenvalue weighted by atomic mass is 79.9. The molecule has 0 saturated heterocycles. The largest absolute Gasteiger partial charge is 0.489 e. The molecule has 0 aliphatic carbocycles. The summed E-state index contributed by atoms with van der Waals surface area (Å²) in [4.78, 5) is 19.0. The highest BCUT2D eigenvalue weighted by Gasteiger charge is 2.14. The monoisotopic (exact) mass is 521 g/mol. The van der Waals surface area contributed by atoms with Crippen LogP contribution in [0.5, 0.6) is 5.75 Å². The van der Waals surface area contributed by atoms with Crippen LogP contribution < -0.4 is 15.0 Å². The molecule has 0 saturated carbocycles. The third-order valence-electron chi connectivity index (χ3n) is 5.13. The number of anilines is 1. The minimum absolute atomic E-state index is 0.187. The second-order valence-corrected chi connectivity index (χ2v) is 8.37. The number of ether oxygens (including phenoxy) is 1. The number of hydrogen-bond acceptors (Lipinski definition) is 7. The molecule has 174 valence electrons. The Hall–Kier alpha value is -3.79. The first-order valence-electron chi connectivity index (χ1n) is 10.8. The number of carbonyl (C=O) groups excluding carboxylic acids is 1. The zero-order valence-corrected chi connectivity index (χ0v) is 20.2. The molecule has 9 nitrogen and oxygen atoms in total. The van der Waals surface area contributed by atoms with Crippen LogP contribution in [0.4, 0.5) is 5.82 Å². The van der Waals surface area contributed by atoms with E-state index in [1.54, 1.807) is 12.3 Å². The van der Waals surface area contributed by atoms with Gasteiger partial charge in [0.2, 0.25) is 0 Å². The minimum atomic E-state index is -0.254. The summed E-state index contributed by atoms with van der Waals surface area (Å²) in [5.41, 5.74) is 2.60. The molecule has 2 N–H and O–H groups in total. The van der Waals surface area contributed by atoms with E-state index in [0.29, 0.717) is 24.5 Å². The lowest BCUT2D eigenvalue weighted by atomic mass is 10.1. The predicted octanol–water partition coefficient (Wildman–Crippen LogP) is 3.89.